The zero-order valence-corrected chi connectivity index (χ0v) is 15.6. The lowest BCUT2D eigenvalue weighted by molar-refractivity contribution is -0.159. The number of rotatable bonds is 5. The Morgan fingerprint density at radius 2 is 2.12 bits per heavy atom. The van der Waals surface area contributed by atoms with E-state index in [-0.39, 0.29) is 5.91 Å². The molecule has 0 radical (unpaired) electrons. The molecule has 2 rings (SSSR count). The van der Waals surface area contributed by atoms with Crippen LogP contribution < -0.4 is 0 Å². The van der Waals surface area contributed by atoms with Crippen molar-refractivity contribution < 1.29 is 24.9 Å². The molecule has 1 aromatic carbocycles. The Labute approximate surface area is 159 Å². The largest absolute Gasteiger partial charge is 0.394 e. The third kappa shape index (κ3) is 4.41. The van der Waals surface area contributed by atoms with Crippen LogP contribution in [0.2, 0.25) is 5.02 Å². The van der Waals surface area contributed by atoms with Crippen LogP contribution in [-0.2, 0) is 4.74 Å². The number of nitrogens with zero attached hydrogens (tertiary/aromatic N) is 4. The minimum Gasteiger partial charge on any atom is -0.394 e. The lowest BCUT2D eigenvalue weighted by Gasteiger charge is -2.40. The first-order valence-corrected chi connectivity index (χ1v) is 8.90. The number of aliphatic hydroxyl groups excluding tert-OH is 3. The molecule has 11 heteroatoms. The third-order valence-corrected chi connectivity index (χ3v) is 5.32. The molecule has 3 N–H and O–H groups in total. The summed E-state index contributed by atoms with van der Waals surface area (Å²) in [5.74, 6) is -0.286. The van der Waals surface area contributed by atoms with E-state index in [0.717, 1.165) is 11.8 Å². The van der Waals surface area contributed by atoms with Gasteiger partial charge in [0, 0.05) is 28.9 Å². The van der Waals surface area contributed by atoms with Gasteiger partial charge in [0.1, 0.15) is 17.6 Å². The lowest BCUT2D eigenvalue weighted by atomic mass is 9.98. The summed E-state index contributed by atoms with van der Waals surface area (Å²) in [6.07, 6.45) is -3.73. The number of benzene rings is 1. The number of ether oxygens (including phenoxy) is 1. The van der Waals surface area contributed by atoms with Crippen LogP contribution in [0.5, 0.6) is 0 Å². The van der Waals surface area contributed by atoms with Gasteiger partial charge in [-0.2, -0.15) is 0 Å². The van der Waals surface area contributed by atoms with Crippen LogP contribution in [0.3, 0.4) is 0 Å². The van der Waals surface area contributed by atoms with Crippen LogP contribution >= 0.6 is 23.4 Å². The molecule has 1 aromatic rings. The maximum atomic E-state index is 12.4. The third-order valence-electron chi connectivity index (χ3n) is 3.85. The van der Waals surface area contributed by atoms with E-state index in [4.69, 9.17) is 21.9 Å². The van der Waals surface area contributed by atoms with Gasteiger partial charge < -0.3 is 25.0 Å². The maximum absolute atomic E-state index is 12.4. The lowest BCUT2D eigenvalue weighted by Crippen LogP contribution is -2.56. The van der Waals surface area contributed by atoms with Crippen molar-refractivity contribution in [3.05, 3.63) is 39.2 Å². The van der Waals surface area contributed by atoms with Gasteiger partial charge in [0.15, 0.2) is 0 Å². The van der Waals surface area contributed by atoms with Crippen LogP contribution in [0.4, 0.5) is 0 Å². The van der Waals surface area contributed by atoms with Crippen LogP contribution in [0, 0.1) is 0 Å². The summed E-state index contributed by atoms with van der Waals surface area (Å²) >= 11 is 7.00. The SMILES string of the molecule is CN(C)C(=O)c1cc(Cl)ccc1S[C@H]1O[C@H](CO)[C@H](O)[C@H](N=[N+]=[N-])[C@H]1O. The van der Waals surface area contributed by atoms with Crippen molar-refractivity contribution in [3.63, 3.8) is 0 Å². The molecule has 1 aliphatic rings. The zero-order valence-electron chi connectivity index (χ0n) is 14.1. The van der Waals surface area contributed by atoms with Gasteiger partial charge in [-0.15, -0.1) is 0 Å². The molecule has 0 aliphatic carbocycles. The fraction of sp³-hybridized carbons (Fsp3) is 0.533. The molecular formula is C15H19ClN4O5S. The Hall–Kier alpha value is -1.52. The molecule has 9 nitrogen and oxygen atoms in total. The summed E-state index contributed by atoms with van der Waals surface area (Å²) in [4.78, 5) is 16.9. The van der Waals surface area contributed by atoms with Gasteiger partial charge in [0.05, 0.1) is 24.3 Å². The van der Waals surface area contributed by atoms with E-state index < -0.39 is 36.4 Å². The highest BCUT2D eigenvalue weighted by molar-refractivity contribution is 8.00. The molecule has 1 saturated heterocycles. The van der Waals surface area contributed by atoms with Crippen molar-refractivity contribution in [1.29, 1.82) is 0 Å². The molecule has 0 unspecified atom stereocenters. The normalized spacial score (nSPS) is 28.3. The molecule has 1 aliphatic heterocycles. The number of aliphatic hydroxyl groups is 3. The Morgan fingerprint density at radius 3 is 2.69 bits per heavy atom. The molecule has 26 heavy (non-hydrogen) atoms. The van der Waals surface area contributed by atoms with Crippen molar-refractivity contribution in [2.45, 2.75) is 34.7 Å². The summed E-state index contributed by atoms with van der Waals surface area (Å²) in [7, 11) is 3.19. The van der Waals surface area contributed by atoms with Gasteiger partial charge in [0.25, 0.3) is 5.91 Å². The molecular weight excluding hydrogens is 384 g/mol. The zero-order chi connectivity index (χ0) is 19.4. The van der Waals surface area contributed by atoms with Crippen molar-refractivity contribution >= 4 is 29.3 Å². The topological polar surface area (TPSA) is 139 Å². The molecule has 1 amide bonds. The molecule has 5 atom stereocenters. The molecule has 1 fully saturated rings. The summed E-state index contributed by atoms with van der Waals surface area (Å²) in [5.41, 5.74) is 8.00. The fourth-order valence-corrected chi connectivity index (χ4v) is 3.84. The number of azide groups is 1. The first-order chi connectivity index (χ1) is 12.3. The quantitative estimate of drug-likeness (QED) is 0.385. The molecule has 1 heterocycles. The van der Waals surface area contributed by atoms with Gasteiger partial charge in [0.2, 0.25) is 0 Å². The Bertz CT molecular complexity index is 715. The molecule has 0 bridgehead atoms. The summed E-state index contributed by atoms with van der Waals surface area (Å²) in [5, 5.41) is 33.7. The molecule has 0 saturated carbocycles. The average molecular weight is 403 g/mol. The van der Waals surface area contributed by atoms with Gasteiger partial charge in [-0.25, -0.2) is 0 Å². The Morgan fingerprint density at radius 1 is 1.42 bits per heavy atom. The molecule has 0 spiro atoms. The summed E-state index contributed by atoms with van der Waals surface area (Å²) < 4.78 is 5.54. The van der Waals surface area contributed by atoms with Crippen LogP contribution in [0.15, 0.2) is 28.2 Å². The number of hydrogen-bond donors (Lipinski definition) is 3. The van der Waals surface area contributed by atoms with Crippen LogP contribution in [-0.4, -0.2) is 76.6 Å². The Balaban J connectivity index is 2.34. The minimum absolute atomic E-state index is 0.286. The fourth-order valence-electron chi connectivity index (χ4n) is 2.50. The van der Waals surface area contributed by atoms with Crippen molar-refractivity contribution in [2.24, 2.45) is 5.11 Å². The van der Waals surface area contributed by atoms with E-state index >= 15 is 0 Å². The standard InChI is InChI=1S/C15H19ClN4O5S/c1-20(2)14(24)8-5-7(16)3-4-10(8)26-15-13(23)11(18-19-17)12(22)9(6-21)25-15/h3-5,9,11-13,15,21-23H,6H2,1-2H3/t9-,11+,12+,13-,15-/m1/s1. The highest BCUT2D eigenvalue weighted by Gasteiger charge is 2.44. The highest BCUT2D eigenvalue weighted by Crippen LogP contribution is 2.37. The second-order valence-corrected chi connectivity index (χ2v) is 7.44. The first kappa shape index (κ1) is 20.8. The van der Waals surface area contributed by atoms with E-state index in [0.29, 0.717) is 15.5 Å². The second kappa shape index (κ2) is 8.92. The predicted molar refractivity (Wildman–Crippen MR) is 96.0 cm³/mol. The smallest absolute Gasteiger partial charge is 0.254 e. The van der Waals surface area contributed by atoms with E-state index in [1.54, 1.807) is 26.2 Å². The van der Waals surface area contributed by atoms with Gasteiger partial charge >= 0.3 is 0 Å². The van der Waals surface area contributed by atoms with Gasteiger partial charge in [-0.05, 0) is 23.7 Å². The number of hydrogen-bond acceptors (Lipinski definition) is 7. The monoisotopic (exact) mass is 402 g/mol. The average Bonchev–Trinajstić information content (AvgIpc) is 2.61. The number of halogens is 1. The van der Waals surface area contributed by atoms with Crippen LogP contribution in [0.1, 0.15) is 10.4 Å². The number of carbonyl (C=O) groups is 1. The van der Waals surface area contributed by atoms with E-state index in [1.807, 2.05) is 0 Å². The van der Waals surface area contributed by atoms with E-state index in [1.165, 1.54) is 11.0 Å². The second-order valence-electron chi connectivity index (χ2n) is 5.86. The van der Waals surface area contributed by atoms with Crippen molar-refractivity contribution in [1.82, 2.24) is 4.90 Å². The molecule has 0 aromatic heterocycles. The van der Waals surface area contributed by atoms with E-state index in [9.17, 15) is 20.1 Å². The summed E-state index contributed by atoms with van der Waals surface area (Å²) in [6, 6.07) is 3.52. The Kier molecular flexibility index (Phi) is 7.13. The number of thioether (sulfide) groups is 1. The van der Waals surface area contributed by atoms with Crippen LogP contribution in [0.25, 0.3) is 10.4 Å². The van der Waals surface area contributed by atoms with Crippen molar-refractivity contribution in [2.75, 3.05) is 20.7 Å². The minimum atomic E-state index is -1.35. The van der Waals surface area contributed by atoms with E-state index in [2.05, 4.69) is 10.0 Å². The van der Waals surface area contributed by atoms with Gasteiger partial charge in [-0.3, -0.25) is 4.79 Å². The maximum Gasteiger partial charge on any atom is 0.254 e. The summed E-state index contributed by atoms with van der Waals surface area (Å²) in [6.45, 7) is -0.521. The van der Waals surface area contributed by atoms with Crippen molar-refractivity contribution in [3.8, 4) is 0 Å². The number of carbonyl (C=O) groups excluding carboxylic acids is 1. The van der Waals surface area contributed by atoms with Gasteiger partial charge in [-0.1, -0.05) is 28.5 Å². The first-order valence-electron chi connectivity index (χ1n) is 7.64. The number of amides is 1. The molecule has 142 valence electrons. The highest BCUT2D eigenvalue weighted by atomic mass is 35.5. The predicted octanol–water partition coefficient (Wildman–Crippen LogP) is 1.25.